The number of carbonyl (C=O) groups is 1. The number of ether oxygens (including phenoxy) is 3. The SMILES string of the molecule is Cc1c(C2=N/C(=C\c3cc4c(cc3Cl)OCO4)C(=O)O2)cccc1[N+](=O)[O-]. The minimum absolute atomic E-state index is 0.00400. The third kappa shape index (κ3) is 3.00. The van der Waals surface area contributed by atoms with Gasteiger partial charge in [-0.05, 0) is 30.7 Å². The lowest BCUT2D eigenvalue weighted by molar-refractivity contribution is -0.385. The molecule has 2 heterocycles. The van der Waals surface area contributed by atoms with Crippen molar-refractivity contribution in [3.63, 3.8) is 0 Å². The number of esters is 1. The Kier molecular flexibility index (Phi) is 4.04. The highest BCUT2D eigenvalue weighted by Crippen LogP contribution is 2.38. The fourth-order valence-electron chi connectivity index (χ4n) is 2.77. The Bertz CT molecular complexity index is 1060. The summed E-state index contributed by atoms with van der Waals surface area (Å²) in [6.07, 6.45) is 1.46. The summed E-state index contributed by atoms with van der Waals surface area (Å²) in [6.45, 7) is 1.67. The number of aliphatic imine (C=N–C) groups is 1. The highest BCUT2D eigenvalue weighted by molar-refractivity contribution is 6.32. The first kappa shape index (κ1) is 17.0. The topological polar surface area (TPSA) is 100 Å². The second-order valence-electron chi connectivity index (χ2n) is 5.77. The van der Waals surface area contributed by atoms with E-state index in [1.165, 1.54) is 18.2 Å². The average Bonchev–Trinajstić information content (AvgIpc) is 3.21. The number of hydrogen-bond donors (Lipinski definition) is 0. The number of fused-ring (bicyclic) bond motifs is 1. The van der Waals surface area contributed by atoms with Crippen molar-refractivity contribution in [3.05, 3.63) is 67.9 Å². The van der Waals surface area contributed by atoms with Crippen LogP contribution in [0.5, 0.6) is 11.5 Å². The lowest BCUT2D eigenvalue weighted by Gasteiger charge is -2.04. The molecule has 0 saturated carbocycles. The molecule has 0 unspecified atom stereocenters. The van der Waals surface area contributed by atoms with Crippen molar-refractivity contribution >= 4 is 35.2 Å². The van der Waals surface area contributed by atoms with Gasteiger partial charge in [0.15, 0.2) is 17.2 Å². The molecule has 4 rings (SSSR count). The van der Waals surface area contributed by atoms with E-state index in [0.29, 0.717) is 33.2 Å². The minimum Gasteiger partial charge on any atom is -0.454 e. The van der Waals surface area contributed by atoms with Crippen LogP contribution < -0.4 is 9.47 Å². The van der Waals surface area contributed by atoms with Gasteiger partial charge in [0, 0.05) is 23.3 Å². The van der Waals surface area contributed by atoms with Crippen molar-refractivity contribution in [2.24, 2.45) is 4.99 Å². The molecule has 136 valence electrons. The van der Waals surface area contributed by atoms with Gasteiger partial charge in [-0.25, -0.2) is 9.79 Å². The van der Waals surface area contributed by atoms with Gasteiger partial charge >= 0.3 is 5.97 Å². The predicted molar refractivity (Wildman–Crippen MR) is 96.0 cm³/mol. The Labute approximate surface area is 157 Å². The summed E-state index contributed by atoms with van der Waals surface area (Å²) in [5.41, 5.74) is 1.18. The third-order valence-electron chi connectivity index (χ3n) is 4.14. The fourth-order valence-corrected chi connectivity index (χ4v) is 2.98. The largest absolute Gasteiger partial charge is 0.454 e. The number of halogens is 1. The number of benzene rings is 2. The Morgan fingerprint density at radius 3 is 2.74 bits per heavy atom. The molecule has 8 nitrogen and oxygen atoms in total. The lowest BCUT2D eigenvalue weighted by atomic mass is 10.1. The summed E-state index contributed by atoms with van der Waals surface area (Å²) in [5, 5.41) is 11.5. The van der Waals surface area contributed by atoms with Gasteiger partial charge in [0.1, 0.15) is 0 Å². The minimum atomic E-state index is -0.676. The van der Waals surface area contributed by atoms with E-state index in [4.69, 9.17) is 25.8 Å². The van der Waals surface area contributed by atoms with Crippen LogP contribution in [0.3, 0.4) is 0 Å². The van der Waals surface area contributed by atoms with Crippen molar-refractivity contribution < 1.29 is 23.9 Å². The molecule has 2 aliphatic rings. The van der Waals surface area contributed by atoms with E-state index in [-0.39, 0.29) is 24.1 Å². The second kappa shape index (κ2) is 6.40. The molecule has 2 aromatic rings. The number of carbonyl (C=O) groups excluding carboxylic acids is 1. The molecule has 0 aromatic heterocycles. The first-order valence-corrected chi connectivity index (χ1v) is 8.18. The Hall–Kier alpha value is -3.39. The summed E-state index contributed by atoms with van der Waals surface area (Å²) >= 11 is 6.21. The van der Waals surface area contributed by atoms with Crippen molar-refractivity contribution in [2.75, 3.05) is 6.79 Å². The summed E-state index contributed by atoms with van der Waals surface area (Å²) in [5.74, 6) is 0.359. The van der Waals surface area contributed by atoms with Gasteiger partial charge in [0.2, 0.25) is 12.7 Å². The zero-order valence-corrected chi connectivity index (χ0v) is 14.6. The average molecular weight is 387 g/mol. The number of nitro benzene ring substituents is 1. The highest BCUT2D eigenvalue weighted by Gasteiger charge is 2.28. The van der Waals surface area contributed by atoms with E-state index in [1.807, 2.05) is 0 Å². The van der Waals surface area contributed by atoms with Gasteiger partial charge in [-0.1, -0.05) is 17.7 Å². The summed E-state index contributed by atoms with van der Waals surface area (Å²) in [4.78, 5) is 27.0. The third-order valence-corrected chi connectivity index (χ3v) is 4.46. The summed E-state index contributed by atoms with van der Waals surface area (Å²) in [7, 11) is 0. The zero-order chi connectivity index (χ0) is 19.1. The molecule has 0 spiro atoms. The van der Waals surface area contributed by atoms with E-state index in [2.05, 4.69) is 4.99 Å². The molecular weight excluding hydrogens is 376 g/mol. The van der Waals surface area contributed by atoms with Crippen molar-refractivity contribution in [3.8, 4) is 11.5 Å². The van der Waals surface area contributed by atoms with E-state index < -0.39 is 10.9 Å². The van der Waals surface area contributed by atoms with Gasteiger partial charge in [0.25, 0.3) is 5.69 Å². The van der Waals surface area contributed by atoms with Crippen LogP contribution in [0.4, 0.5) is 5.69 Å². The molecule has 9 heteroatoms. The number of hydrogen-bond acceptors (Lipinski definition) is 7. The number of nitro groups is 1. The fraction of sp³-hybridized carbons (Fsp3) is 0.111. The van der Waals surface area contributed by atoms with Crippen LogP contribution in [-0.2, 0) is 9.53 Å². The standard InChI is InChI=1S/C18H11ClN2O6/c1-9-11(3-2-4-14(9)21(23)24)17-20-13(18(22)27-17)5-10-6-15-16(7-12(10)19)26-8-25-15/h2-7H,8H2,1H3/b13-5-. The van der Waals surface area contributed by atoms with Crippen molar-refractivity contribution in [1.82, 2.24) is 0 Å². The Morgan fingerprint density at radius 2 is 2.00 bits per heavy atom. The van der Waals surface area contributed by atoms with Crippen molar-refractivity contribution in [1.29, 1.82) is 0 Å². The maximum atomic E-state index is 12.2. The van der Waals surface area contributed by atoms with E-state index in [0.717, 1.165) is 0 Å². The second-order valence-corrected chi connectivity index (χ2v) is 6.18. The maximum absolute atomic E-state index is 12.2. The van der Waals surface area contributed by atoms with Gasteiger partial charge < -0.3 is 14.2 Å². The Morgan fingerprint density at radius 1 is 1.26 bits per heavy atom. The maximum Gasteiger partial charge on any atom is 0.363 e. The molecule has 0 saturated heterocycles. The normalized spacial score (nSPS) is 16.4. The van der Waals surface area contributed by atoms with Crippen LogP contribution in [0.2, 0.25) is 5.02 Å². The summed E-state index contributed by atoms with van der Waals surface area (Å²) < 4.78 is 15.7. The van der Waals surface area contributed by atoms with Crippen LogP contribution in [0.25, 0.3) is 6.08 Å². The molecule has 0 amide bonds. The van der Waals surface area contributed by atoms with Crippen molar-refractivity contribution in [2.45, 2.75) is 6.92 Å². The van der Waals surface area contributed by atoms with E-state index in [9.17, 15) is 14.9 Å². The molecule has 2 aliphatic heterocycles. The molecule has 27 heavy (non-hydrogen) atoms. The van der Waals surface area contributed by atoms with Crippen LogP contribution >= 0.6 is 11.6 Å². The molecule has 0 atom stereocenters. The smallest absolute Gasteiger partial charge is 0.363 e. The van der Waals surface area contributed by atoms with Crippen LogP contribution in [0.1, 0.15) is 16.7 Å². The molecule has 0 aliphatic carbocycles. The van der Waals surface area contributed by atoms with Crippen LogP contribution in [0, 0.1) is 17.0 Å². The van der Waals surface area contributed by atoms with Gasteiger partial charge in [0.05, 0.1) is 9.95 Å². The molecule has 0 fully saturated rings. The van der Waals surface area contributed by atoms with Gasteiger partial charge in [-0.2, -0.15) is 0 Å². The number of cyclic esters (lactones) is 1. The predicted octanol–water partition coefficient (Wildman–Crippen LogP) is 3.63. The lowest BCUT2D eigenvalue weighted by Crippen LogP contribution is -2.08. The number of nitrogens with zero attached hydrogens (tertiary/aromatic N) is 2. The Balaban J connectivity index is 1.74. The summed E-state index contributed by atoms with van der Waals surface area (Å²) in [6, 6.07) is 7.71. The van der Waals surface area contributed by atoms with Crippen LogP contribution in [-0.4, -0.2) is 23.6 Å². The molecule has 2 aromatic carbocycles. The van der Waals surface area contributed by atoms with Gasteiger partial charge in [-0.3, -0.25) is 10.1 Å². The molecule has 0 radical (unpaired) electrons. The monoisotopic (exact) mass is 386 g/mol. The first-order valence-electron chi connectivity index (χ1n) is 7.80. The van der Waals surface area contributed by atoms with Crippen LogP contribution in [0.15, 0.2) is 41.0 Å². The molecular formula is C18H11ClN2O6. The number of rotatable bonds is 3. The molecule has 0 N–H and O–H groups in total. The van der Waals surface area contributed by atoms with E-state index in [1.54, 1.807) is 25.1 Å². The highest BCUT2D eigenvalue weighted by atomic mass is 35.5. The van der Waals surface area contributed by atoms with E-state index >= 15 is 0 Å². The first-order chi connectivity index (χ1) is 12.9. The zero-order valence-electron chi connectivity index (χ0n) is 13.9. The van der Waals surface area contributed by atoms with Gasteiger partial charge in [-0.15, -0.1) is 0 Å². The quantitative estimate of drug-likeness (QED) is 0.345. The molecule has 0 bridgehead atoms.